The Labute approximate surface area is 129 Å². The van der Waals surface area contributed by atoms with Gasteiger partial charge in [0.2, 0.25) is 0 Å². The van der Waals surface area contributed by atoms with Crippen LogP contribution in [0.1, 0.15) is 6.42 Å². The highest BCUT2D eigenvalue weighted by Crippen LogP contribution is 2.18. The van der Waals surface area contributed by atoms with Gasteiger partial charge in [0.05, 0.1) is 24.2 Å². The molecule has 0 aliphatic rings. The Hall–Kier alpha value is -2.34. The first-order chi connectivity index (χ1) is 10.5. The van der Waals surface area contributed by atoms with Crippen LogP contribution in [0.5, 0.6) is 11.5 Å². The molecule has 0 amide bonds. The fraction of sp³-hybridized carbons (Fsp3) is 0.188. The second-order valence-corrected chi connectivity index (χ2v) is 6.64. The summed E-state index contributed by atoms with van der Waals surface area (Å²) in [6.07, 6.45) is -0.205. The molecule has 5 nitrogen and oxygen atoms in total. The molecular weight excluding hydrogens is 304 g/mol. The van der Waals surface area contributed by atoms with Crippen molar-refractivity contribution < 1.29 is 22.7 Å². The van der Waals surface area contributed by atoms with E-state index in [-0.39, 0.29) is 17.1 Å². The molecule has 0 fully saturated rings. The van der Waals surface area contributed by atoms with Crippen molar-refractivity contribution in [1.82, 2.24) is 0 Å². The molecule has 6 heteroatoms. The van der Waals surface area contributed by atoms with E-state index in [0.717, 1.165) is 0 Å². The second kappa shape index (κ2) is 7.09. The Balaban J connectivity index is 1.92. The number of ether oxygens (including phenoxy) is 2. The zero-order chi connectivity index (χ0) is 16.0. The summed E-state index contributed by atoms with van der Waals surface area (Å²) in [6.45, 7) is 0. The molecule has 0 N–H and O–H groups in total. The second-order valence-electron chi connectivity index (χ2n) is 4.53. The number of hydrogen-bond donors (Lipinski definition) is 0. The standard InChI is InChI=1S/C16H16O5S/c1-20-13-7-9-14(10-8-13)21-16(17)11-12-22(18,19)15-5-3-2-4-6-15/h2-10H,11-12H2,1H3. The Morgan fingerprint density at radius 1 is 0.955 bits per heavy atom. The molecule has 0 atom stereocenters. The summed E-state index contributed by atoms with van der Waals surface area (Å²) >= 11 is 0. The van der Waals surface area contributed by atoms with Gasteiger partial charge in [-0.05, 0) is 36.4 Å². The topological polar surface area (TPSA) is 69.7 Å². The van der Waals surface area contributed by atoms with Gasteiger partial charge < -0.3 is 9.47 Å². The van der Waals surface area contributed by atoms with Crippen LogP contribution in [0, 0.1) is 0 Å². The van der Waals surface area contributed by atoms with Crippen LogP contribution in [0.4, 0.5) is 0 Å². The van der Waals surface area contributed by atoms with E-state index in [1.807, 2.05) is 0 Å². The van der Waals surface area contributed by atoms with Crippen LogP contribution in [-0.4, -0.2) is 27.2 Å². The first-order valence-corrected chi connectivity index (χ1v) is 8.29. The summed E-state index contributed by atoms with van der Waals surface area (Å²) in [5.41, 5.74) is 0. The Morgan fingerprint density at radius 3 is 2.14 bits per heavy atom. The summed E-state index contributed by atoms with van der Waals surface area (Å²) in [7, 11) is -1.94. The molecule has 116 valence electrons. The quantitative estimate of drug-likeness (QED) is 0.604. The highest BCUT2D eigenvalue weighted by molar-refractivity contribution is 7.91. The zero-order valence-corrected chi connectivity index (χ0v) is 12.9. The van der Waals surface area contributed by atoms with Crippen molar-refractivity contribution in [1.29, 1.82) is 0 Å². The lowest BCUT2D eigenvalue weighted by atomic mass is 10.3. The summed E-state index contributed by atoms with van der Waals surface area (Å²) in [4.78, 5) is 11.9. The maximum absolute atomic E-state index is 12.0. The van der Waals surface area contributed by atoms with Gasteiger partial charge in [-0.25, -0.2) is 8.42 Å². The largest absolute Gasteiger partial charge is 0.497 e. The lowest BCUT2D eigenvalue weighted by Gasteiger charge is -2.06. The van der Waals surface area contributed by atoms with E-state index in [2.05, 4.69) is 0 Å². The van der Waals surface area contributed by atoms with Crippen molar-refractivity contribution in [3.63, 3.8) is 0 Å². The molecule has 0 saturated heterocycles. The number of sulfone groups is 1. The molecule has 0 aliphatic carbocycles. The fourth-order valence-corrected chi connectivity index (χ4v) is 3.03. The van der Waals surface area contributed by atoms with Crippen molar-refractivity contribution >= 4 is 15.8 Å². The third-order valence-corrected chi connectivity index (χ3v) is 4.70. The summed E-state index contributed by atoms with van der Waals surface area (Å²) in [6, 6.07) is 14.5. The normalized spacial score (nSPS) is 11.0. The zero-order valence-electron chi connectivity index (χ0n) is 12.1. The van der Waals surface area contributed by atoms with Gasteiger partial charge in [-0.3, -0.25) is 4.79 Å². The minimum atomic E-state index is -3.48. The predicted molar refractivity (Wildman–Crippen MR) is 81.7 cm³/mol. The smallest absolute Gasteiger partial charge is 0.312 e. The van der Waals surface area contributed by atoms with Gasteiger partial charge in [-0.15, -0.1) is 0 Å². The van der Waals surface area contributed by atoms with E-state index < -0.39 is 15.8 Å². The van der Waals surface area contributed by atoms with Gasteiger partial charge >= 0.3 is 5.97 Å². The van der Waals surface area contributed by atoms with Crippen LogP contribution >= 0.6 is 0 Å². The Morgan fingerprint density at radius 2 is 1.55 bits per heavy atom. The maximum Gasteiger partial charge on any atom is 0.312 e. The third-order valence-electron chi connectivity index (χ3n) is 2.97. The molecule has 0 saturated carbocycles. The molecule has 2 aromatic rings. The lowest BCUT2D eigenvalue weighted by molar-refractivity contribution is -0.133. The first-order valence-electron chi connectivity index (χ1n) is 6.64. The van der Waals surface area contributed by atoms with Gasteiger partial charge in [0.25, 0.3) is 0 Å². The molecule has 0 aliphatic heterocycles. The van der Waals surface area contributed by atoms with Gasteiger partial charge in [0.15, 0.2) is 9.84 Å². The van der Waals surface area contributed by atoms with Gasteiger partial charge in [-0.1, -0.05) is 18.2 Å². The van der Waals surface area contributed by atoms with Crippen molar-refractivity contribution in [3.8, 4) is 11.5 Å². The van der Waals surface area contributed by atoms with Crippen LogP contribution in [0.2, 0.25) is 0 Å². The molecule has 0 aromatic heterocycles. The predicted octanol–water partition coefficient (Wildman–Crippen LogP) is 2.46. The third kappa shape index (κ3) is 4.33. The summed E-state index contributed by atoms with van der Waals surface area (Å²) in [5.74, 6) is 0.116. The van der Waals surface area contributed by atoms with E-state index >= 15 is 0 Å². The van der Waals surface area contributed by atoms with Crippen LogP contribution in [-0.2, 0) is 14.6 Å². The van der Waals surface area contributed by atoms with Gasteiger partial charge in [0, 0.05) is 0 Å². The number of hydrogen-bond acceptors (Lipinski definition) is 5. The molecular formula is C16H16O5S. The highest BCUT2D eigenvalue weighted by atomic mass is 32.2. The Bertz CT molecular complexity index is 721. The fourth-order valence-electron chi connectivity index (χ4n) is 1.79. The lowest BCUT2D eigenvalue weighted by Crippen LogP contribution is -2.15. The molecule has 2 aromatic carbocycles. The van der Waals surface area contributed by atoms with E-state index in [1.165, 1.54) is 19.2 Å². The van der Waals surface area contributed by atoms with E-state index in [1.54, 1.807) is 42.5 Å². The number of esters is 1. The minimum absolute atomic E-state index is 0.201. The molecule has 0 spiro atoms. The molecule has 0 unspecified atom stereocenters. The summed E-state index contributed by atoms with van der Waals surface area (Å²) < 4.78 is 34.2. The molecule has 0 bridgehead atoms. The van der Waals surface area contributed by atoms with Crippen LogP contribution in [0.25, 0.3) is 0 Å². The molecule has 22 heavy (non-hydrogen) atoms. The molecule has 2 rings (SSSR count). The average molecular weight is 320 g/mol. The van der Waals surface area contributed by atoms with E-state index in [9.17, 15) is 13.2 Å². The van der Waals surface area contributed by atoms with E-state index in [0.29, 0.717) is 11.5 Å². The molecule has 0 heterocycles. The minimum Gasteiger partial charge on any atom is -0.497 e. The molecule has 0 radical (unpaired) electrons. The summed E-state index contributed by atoms with van der Waals surface area (Å²) in [5, 5.41) is 0. The van der Waals surface area contributed by atoms with Crippen molar-refractivity contribution in [2.75, 3.05) is 12.9 Å². The number of methoxy groups -OCH3 is 1. The number of carbonyl (C=O) groups is 1. The van der Waals surface area contributed by atoms with Crippen LogP contribution in [0.15, 0.2) is 59.5 Å². The van der Waals surface area contributed by atoms with Gasteiger partial charge in [0.1, 0.15) is 11.5 Å². The highest BCUT2D eigenvalue weighted by Gasteiger charge is 2.17. The van der Waals surface area contributed by atoms with Crippen molar-refractivity contribution in [3.05, 3.63) is 54.6 Å². The van der Waals surface area contributed by atoms with Crippen LogP contribution < -0.4 is 9.47 Å². The number of rotatable bonds is 6. The van der Waals surface area contributed by atoms with Crippen molar-refractivity contribution in [2.24, 2.45) is 0 Å². The number of benzene rings is 2. The SMILES string of the molecule is COc1ccc(OC(=O)CCS(=O)(=O)c2ccccc2)cc1. The average Bonchev–Trinajstić information content (AvgIpc) is 2.55. The Kier molecular flexibility index (Phi) is 5.16. The number of carbonyl (C=O) groups excluding carboxylic acids is 1. The van der Waals surface area contributed by atoms with E-state index in [4.69, 9.17) is 9.47 Å². The monoisotopic (exact) mass is 320 g/mol. The maximum atomic E-state index is 12.0. The van der Waals surface area contributed by atoms with Gasteiger partial charge in [-0.2, -0.15) is 0 Å². The first kappa shape index (κ1) is 16.0. The van der Waals surface area contributed by atoms with Crippen molar-refractivity contribution in [2.45, 2.75) is 11.3 Å². The van der Waals surface area contributed by atoms with Crippen LogP contribution in [0.3, 0.4) is 0 Å².